The van der Waals surface area contributed by atoms with E-state index in [0.29, 0.717) is 0 Å². The topological polar surface area (TPSA) is 0 Å². The summed E-state index contributed by atoms with van der Waals surface area (Å²) >= 11 is 11.7. The first kappa shape index (κ1) is 20.0. The van der Waals surface area contributed by atoms with Gasteiger partial charge >= 0.3 is 189 Å². The van der Waals surface area contributed by atoms with Crippen LogP contribution in [0, 0.1) is 0 Å². The van der Waals surface area contributed by atoms with Crippen molar-refractivity contribution in [2.45, 2.75) is 9.79 Å². The summed E-state index contributed by atoms with van der Waals surface area (Å²) in [5, 5.41) is 1.55. The van der Waals surface area contributed by atoms with Gasteiger partial charge in [-0.25, -0.2) is 0 Å². The second-order valence-corrected chi connectivity index (χ2v) is 16.7. The molecule has 0 saturated heterocycles. The van der Waals surface area contributed by atoms with Crippen molar-refractivity contribution in [2.75, 3.05) is 0 Å². The summed E-state index contributed by atoms with van der Waals surface area (Å²) in [5.41, 5.74) is 0. The molecule has 0 fully saturated rings. The Bertz CT molecular complexity index is 1000. The van der Waals surface area contributed by atoms with Gasteiger partial charge in [-0.2, -0.15) is 0 Å². The van der Waals surface area contributed by atoms with Crippen LogP contribution >= 0.6 is 35.0 Å². The molecule has 0 aromatic heterocycles. The first-order valence-electron chi connectivity index (χ1n) is 8.84. The number of hydrogen-bond acceptors (Lipinski definition) is 1. The van der Waals surface area contributed by atoms with Crippen LogP contribution in [0.25, 0.3) is 0 Å². The van der Waals surface area contributed by atoms with E-state index in [1.165, 1.54) is 19.6 Å². The van der Waals surface area contributed by atoms with Gasteiger partial charge in [0.05, 0.1) is 0 Å². The summed E-state index contributed by atoms with van der Waals surface area (Å²) in [6.45, 7) is 0. The number of hydrogen-bond donors (Lipinski definition) is 0. The Morgan fingerprint density at radius 3 is 1.61 bits per heavy atom. The second kappa shape index (κ2) is 9.46. The summed E-state index contributed by atoms with van der Waals surface area (Å²) in [4.78, 5) is 2.59. The molecule has 28 heavy (non-hydrogen) atoms. The van der Waals surface area contributed by atoms with Crippen molar-refractivity contribution in [3.8, 4) is 0 Å². The van der Waals surface area contributed by atoms with Crippen molar-refractivity contribution >= 4 is 66.5 Å². The third-order valence-electron chi connectivity index (χ3n) is 4.25. The predicted octanol–water partition coefficient (Wildman–Crippen LogP) is 5.66. The monoisotopic (exact) mass is 616 g/mol. The van der Waals surface area contributed by atoms with Crippen molar-refractivity contribution in [3.63, 3.8) is 0 Å². The van der Waals surface area contributed by atoms with Gasteiger partial charge in [0.2, 0.25) is 0 Å². The van der Waals surface area contributed by atoms with E-state index in [1.807, 2.05) is 36.0 Å². The van der Waals surface area contributed by atoms with E-state index in [2.05, 4.69) is 78.9 Å². The Labute approximate surface area is 188 Å². The van der Waals surface area contributed by atoms with E-state index in [1.54, 1.807) is 0 Å². The van der Waals surface area contributed by atoms with E-state index in [0.717, 1.165) is 10.0 Å². The van der Waals surface area contributed by atoms with Crippen LogP contribution in [-0.4, -0.2) is 21.8 Å². The Balaban J connectivity index is 1.83. The molecule has 0 unspecified atom stereocenters. The second-order valence-electron chi connectivity index (χ2n) is 6.17. The first-order chi connectivity index (χ1) is 13.7. The Morgan fingerprint density at radius 2 is 1.04 bits per heavy atom. The summed E-state index contributed by atoms with van der Waals surface area (Å²) in [7, 11) is 0. The van der Waals surface area contributed by atoms with Gasteiger partial charge in [-0.05, 0) is 0 Å². The van der Waals surface area contributed by atoms with Crippen LogP contribution in [0.4, 0.5) is 0 Å². The van der Waals surface area contributed by atoms with Crippen molar-refractivity contribution in [2.24, 2.45) is 0 Å². The molecule has 0 N–H and O–H groups in total. The van der Waals surface area contributed by atoms with E-state index < -0.39 is 21.8 Å². The van der Waals surface area contributed by atoms with Crippen molar-refractivity contribution < 1.29 is 0 Å². The van der Waals surface area contributed by atoms with Gasteiger partial charge in [-0.15, -0.1) is 0 Å². The molecule has 0 atom stereocenters. The molecule has 0 heterocycles. The maximum absolute atomic E-state index is 6.17. The zero-order valence-electron chi connectivity index (χ0n) is 14.9. The first-order valence-corrected chi connectivity index (χ1v) is 15.6. The van der Waals surface area contributed by atoms with Gasteiger partial charge < -0.3 is 0 Å². The average Bonchev–Trinajstić information content (AvgIpc) is 2.73. The molecule has 4 heteroatoms. The van der Waals surface area contributed by atoms with E-state index in [4.69, 9.17) is 23.2 Å². The normalized spacial score (nSPS) is 11.0. The van der Waals surface area contributed by atoms with Gasteiger partial charge in [-0.1, -0.05) is 0 Å². The molecule has 0 saturated carbocycles. The van der Waals surface area contributed by atoms with Gasteiger partial charge in [0.1, 0.15) is 0 Å². The van der Waals surface area contributed by atoms with Gasteiger partial charge in [0, 0.05) is 0 Å². The Kier molecular flexibility index (Phi) is 6.75. The number of rotatable bonds is 5. The van der Waals surface area contributed by atoms with Crippen molar-refractivity contribution in [1.82, 2.24) is 0 Å². The summed E-state index contributed by atoms with van der Waals surface area (Å²) in [6, 6.07) is 36.1. The van der Waals surface area contributed by atoms with Crippen LogP contribution in [0.3, 0.4) is 0 Å². The fourth-order valence-electron chi connectivity index (χ4n) is 2.95. The SMILES string of the molecule is Clc1cc[c]([Bi]([c]2ccc(Cl)cc2)[c]2ccccc2Sc2ccccc2)cc1. The number of halogens is 2. The molecule has 0 aliphatic carbocycles. The van der Waals surface area contributed by atoms with Gasteiger partial charge in [0.15, 0.2) is 0 Å². The molecule has 4 rings (SSSR count). The molecule has 0 amide bonds. The van der Waals surface area contributed by atoms with Crippen LogP contribution in [0.2, 0.25) is 10.0 Å². The molecule has 138 valence electrons. The molecule has 4 aromatic rings. The van der Waals surface area contributed by atoms with Gasteiger partial charge in [0.25, 0.3) is 0 Å². The Hall–Kier alpha value is -1.31. The minimum atomic E-state index is -2.49. The minimum absolute atomic E-state index is 0.774. The van der Waals surface area contributed by atoms with Crippen LogP contribution in [-0.2, 0) is 0 Å². The van der Waals surface area contributed by atoms with Crippen LogP contribution in [0.15, 0.2) is 113 Å². The third kappa shape index (κ3) is 4.81. The van der Waals surface area contributed by atoms with E-state index in [9.17, 15) is 0 Å². The standard InChI is InChI=1S/C12H9S.2C6H4Cl.Bi/c1-3-7-11(8-4-1)13-12-9-5-2-6-10-12;2*7-6-4-2-1-3-5-6;/h1-9H;2*2-5H;. The molecular formula is C24H17BiCl2S. The molecule has 0 spiro atoms. The third-order valence-corrected chi connectivity index (χ3v) is 16.2. The molecule has 0 nitrogen and oxygen atoms in total. The van der Waals surface area contributed by atoms with Crippen molar-refractivity contribution in [3.05, 3.63) is 113 Å². The summed E-state index contributed by atoms with van der Waals surface area (Å²) < 4.78 is 4.28. The van der Waals surface area contributed by atoms with E-state index in [-0.39, 0.29) is 0 Å². The quantitative estimate of drug-likeness (QED) is 0.261. The Morgan fingerprint density at radius 1 is 0.536 bits per heavy atom. The van der Waals surface area contributed by atoms with Crippen LogP contribution in [0.1, 0.15) is 0 Å². The predicted molar refractivity (Wildman–Crippen MR) is 125 cm³/mol. The van der Waals surface area contributed by atoms with Crippen LogP contribution < -0.4 is 9.81 Å². The molecular weight excluding hydrogens is 600 g/mol. The summed E-state index contributed by atoms with van der Waals surface area (Å²) in [6.07, 6.45) is 0. The zero-order valence-corrected chi connectivity index (χ0v) is 20.7. The molecule has 0 aliphatic rings. The fourth-order valence-corrected chi connectivity index (χ4v) is 14.3. The average molecular weight is 617 g/mol. The molecule has 0 aliphatic heterocycles. The molecule has 0 radical (unpaired) electrons. The van der Waals surface area contributed by atoms with Crippen molar-refractivity contribution in [1.29, 1.82) is 0 Å². The number of benzene rings is 4. The zero-order chi connectivity index (χ0) is 19.3. The van der Waals surface area contributed by atoms with Crippen LogP contribution in [0.5, 0.6) is 0 Å². The van der Waals surface area contributed by atoms with Gasteiger partial charge in [-0.3, -0.25) is 0 Å². The van der Waals surface area contributed by atoms with E-state index >= 15 is 0 Å². The summed E-state index contributed by atoms with van der Waals surface area (Å²) in [5.74, 6) is 0. The molecule has 4 aromatic carbocycles. The fraction of sp³-hybridized carbons (Fsp3) is 0. The molecule has 0 bridgehead atoms. The maximum atomic E-state index is 6.17.